The Morgan fingerprint density at radius 3 is 1.87 bits per heavy atom. The van der Waals surface area contributed by atoms with Crippen molar-refractivity contribution in [2.24, 2.45) is 0 Å². The van der Waals surface area contributed by atoms with Crippen LogP contribution in [-0.2, 0) is 0 Å². The van der Waals surface area contributed by atoms with Crippen LogP contribution in [0.2, 0.25) is 0 Å². The molecule has 0 bridgehead atoms. The first kappa shape index (κ1) is 27.7. The van der Waals surface area contributed by atoms with Crippen LogP contribution in [-0.4, -0.2) is 18.9 Å². The Bertz CT molecular complexity index is 3390. The SMILES string of the molecule is c1ccc(-c2nc3ccc4ccccc4c3nc2-n2c3cccc4c5cccc6c7ccccc7n(c7c(-c8ccccc8)ccc2c7c43)c56)cc1. The first-order valence-electron chi connectivity index (χ1n) is 17.8. The molecule has 0 fully saturated rings. The Balaban J connectivity index is 1.36. The first-order valence-corrected chi connectivity index (χ1v) is 17.8. The van der Waals surface area contributed by atoms with Gasteiger partial charge >= 0.3 is 0 Å². The molecule has 0 aliphatic rings. The van der Waals surface area contributed by atoms with Crippen LogP contribution in [0.3, 0.4) is 0 Å². The third-order valence-corrected chi connectivity index (χ3v) is 11.0. The van der Waals surface area contributed by atoms with E-state index in [1.165, 1.54) is 60.0 Å². The van der Waals surface area contributed by atoms with Crippen molar-refractivity contribution in [3.63, 3.8) is 0 Å². The van der Waals surface area contributed by atoms with Gasteiger partial charge in [0.15, 0.2) is 5.82 Å². The average Bonchev–Trinajstić information content (AvgIpc) is 3.69. The Kier molecular flexibility index (Phi) is 5.47. The fourth-order valence-electron chi connectivity index (χ4n) is 8.86. The van der Waals surface area contributed by atoms with Crippen molar-refractivity contribution in [2.75, 3.05) is 0 Å². The van der Waals surface area contributed by atoms with Crippen LogP contribution in [0, 0.1) is 0 Å². The summed E-state index contributed by atoms with van der Waals surface area (Å²) < 4.78 is 4.91. The fourth-order valence-corrected chi connectivity index (χ4v) is 8.86. The molecule has 8 aromatic carbocycles. The number of hydrogen-bond acceptors (Lipinski definition) is 2. The number of benzene rings is 8. The molecule has 4 heterocycles. The van der Waals surface area contributed by atoms with Gasteiger partial charge in [0.25, 0.3) is 0 Å². The number of nitrogens with zero attached hydrogens (tertiary/aromatic N) is 4. The highest BCUT2D eigenvalue weighted by molar-refractivity contribution is 6.32. The normalized spacial score (nSPS) is 12.2. The lowest BCUT2D eigenvalue weighted by atomic mass is 9.99. The van der Waals surface area contributed by atoms with E-state index in [4.69, 9.17) is 9.97 Å². The zero-order valence-electron chi connectivity index (χ0n) is 28.0. The van der Waals surface area contributed by atoms with Crippen LogP contribution in [0.4, 0.5) is 0 Å². The predicted octanol–water partition coefficient (Wildman–Crippen LogP) is 12.4. The van der Waals surface area contributed by atoms with Gasteiger partial charge in [-0.1, -0.05) is 146 Å². The number of para-hydroxylation sites is 2. The highest BCUT2D eigenvalue weighted by atomic mass is 15.1. The number of hydrogen-bond donors (Lipinski definition) is 0. The molecular weight excluding hydrogens is 633 g/mol. The maximum Gasteiger partial charge on any atom is 0.165 e. The molecule has 0 saturated carbocycles. The van der Waals surface area contributed by atoms with Gasteiger partial charge in [0.2, 0.25) is 0 Å². The molecule has 12 rings (SSSR count). The lowest BCUT2D eigenvalue weighted by Crippen LogP contribution is -2.04. The minimum Gasteiger partial charge on any atom is -0.307 e. The van der Waals surface area contributed by atoms with Gasteiger partial charge in [0.05, 0.1) is 38.6 Å². The van der Waals surface area contributed by atoms with Gasteiger partial charge in [-0.05, 0) is 40.6 Å². The van der Waals surface area contributed by atoms with Crippen LogP contribution < -0.4 is 0 Å². The zero-order valence-corrected chi connectivity index (χ0v) is 28.0. The minimum atomic E-state index is 0.821. The molecule has 0 saturated heterocycles. The molecule has 0 aliphatic heterocycles. The highest BCUT2D eigenvalue weighted by Crippen LogP contribution is 2.47. The van der Waals surface area contributed by atoms with E-state index in [2.05, 4.69) is 179 Å². The molecule has 0 aliphatic carbocycles. The van der Waals surface area contributed by atoms with Gasteiger partial charge in [-0.2, -0.15) is 0 Å². The summed E-state index contributed by atoms with van der Waals surface area (Å²) in [4.78, 5) is 11.0. The highest BCUT2D eigenvalue weighted by Gasteiger charge is 2.26. The maximum atomic E-state index is 5.62. The number of rotatable bonds is 3. The smallest absolute Gasteiger partial charge is 0.165 e. The summed E-state index contributed by atoms with van der Waals surface area (Å²) in [6.45, 7) is 0. The lowest BCUT2D eigenvalue weighted by Gasteiger charge is -2.15. The molecule has 0 N–H and O–H groups in total. The van der Waals surface area contributed by atoms with Crippen LogP contribution in [0.1, 0.15) is 0 Å². The molecule has 0 radical (unpaired) electrons. The molecular formula is C48H28N4. The maximum absolute atomic E-state index is 5.62. The van der Waals surface area contributed by atoms with Crippen LogP contribution >= 0.6 is 0 Å². The van der Waals surface area contributed by atoms with Crippen LogP contribution in [0.5, 0.6) is 0 Å². The van der Waals surface area contributed by atoms with Gasteiger partial charge in [-0.15, -0.1) is 0 Å². The van der Waals surface area contributed by atoms with Crippen LogP contribution in [0.15, 0.2) is 170 Å². The van der Waals surface area contributed by atoms with E-state index in [-0.39, 0.29) is 0 Å². The van der Waals surface area contributed by atoms with E-state index in [9.17, 15) is 0 Å². The van der Waals surface area contributed by atoms with Crippen molar-refractivity contribution >= 4 is 81.7 Å². The van der Waals surface area contributed by atoms with Gasteiger partial charge in [-0.25, -0.2) is 9.97 Å². The summed E-state index contributed by atoms with van der Waals surface area (Å²) in [7, 11) is 0. The van der Waals surface area contributed by atoms with Gasteiger partial charge < -0.3 is 4.40 Å². The zero-order chi connectivity index (χ0) is 33.9. The molecule has 52 heavy (non-hydrogen) atoms. The van der Waals surface area contributed by atoms with Gasteiger partial charge in [-0.3, -0.25) is 4.57 Å². The van der Waals surface area contributed by atoms with Crippen molar-refractivity contribution in [3.05, 3.63) is 170 Å². The fraction of sp³-hybridized carbons (Fsp3) is 0. The summed E-state index contributed by atoms with van der Waals surface area (Å²) >= 11 is 0. The van der Waals surface area contributed by atoms with Gasteiger partial charge in [0.1, 0.15) is 5.69 Å². The summed E-state index contributed by atoms with van der Waals surface area (Å²) in [5.41, 5.74) is 11.9. The molecule has 4 aromatic heterocycles. The number of aromatic nitrogens is 4. The summed E-state index contributed by atoms with van der Waals surface area (Å²) in [6, 6.07) is 61.0. The molecule has 4 heteroatoms. The Labute approximate surface area is 297 Å². The van der Waals surface area contributed by atoms with Gasteiger partial charge in [0, 0.05) is 43.4 Å². The Morgan fingerprint density at radius 1 is 0.385 bits per heavy atom. The van der Waals surface area contributed by atoms with Crippen molar-refractivity contribution in [3.8, 4) is 28.2 Å². The monoisotopic (exact) mass is 660 g/mol. The largest absolute Gasteiger partial charge is 0.307 e. The molecule has 0 amide bonds. The molecule has 240 valence electrons. The van der Waals surface area contributed by atoms with Crippen molar-refractivity contribution in [1.82, 2.24) is 18.9 Å². The molecule has 12 aromatic rings. The molecule has 4 nitrogen and oxygen atoms in total. The lowest BCUT2D eigenvalue weighted by molar-refractivity contribution is 1.08. The molecule has 0 spiro atoms. The van der Waals surface area contributed by atoms with E-state index in [1.54, 1.807) is 0 Å². The van der Waals surface area contributed by atoms with E-state index in [0.717, 1.165) is 49.9 Å². The topological polar surface area (TPSA) is 35.1 Å². The quantitative estimate of drug-likeness (QED) is 0.177. The van der Waals surface area contributed by atoms with Crippen LogP contribution in [0.25, 0.3) is 110 Å². The Morgan fingerprint density at radius 2 is 1.02 bits per heavy atom. The standard InChI is InChI=1S/C48H28N4/c1-3-13-29(14-4-1)33-26-28-41-43-42-35(37-22-11-21-36-34-19-9-10-23-39(34)52(46(36)37)47(33)43)20-12-24-40(42)51(41)48-44(31-16-5-2-6-17-31)49-38-27-25-30-15-7-8-18-32(30)45(38)50-48/h1-28H. The minimum absolute atomic E-state index is 0.821. The second-order valence-corrected chi connectivity index (χ2v) is 13.7. The van der Waals surface area contributed by atoms with Crippen molar-refractivity contribution < 1.29 is 0 Å². The third-order valence-electron chi connectivity index (χ3n) is 11.0. The summed E-state index contributed by atoms with van der Waals surface area (Å²) in [6.07, 6.45) is 0. The second-order valence-electron chi connectivity index (χ2n) is 13.7. The Hall–Kier alpha value is -7.04. The van der Waals surface area contributed by atoms with Crippen molar-refractivity contribution in [1.29, 1.82) is 0 Å². The van der Waals surface area contributed by atoms with E-state index in [1.807, 2.05) is 0 Å². The van der Waals surface area contributed by atoms with E-state index >= 15 is 0 Å². The first-order chi connectivity index (χ1) is 25.8. The summed E-state index contributed by atoms with van der Waals surface area (Å²) in [5, 5.41) is 9.65. The summed E-state index contributed by atoms with van der Waals surface area (Å²) in [5.74, 6) is 0.821. The van der Waals surface area contributed by atoms with E-state index < -0.39 is 0 Å². The second kappa shape index (κ2) is 10.3. The predicted molar refractivity (Wildman–Crippen MR) is 217 cm³/mol. The number of fused-ring (bicyclic) bond motifs is 8. The third kappa shape index (κ3) is 3.60. The van der Waals surface area contributed by atoms with E-state index in [0.29, 0.717) is 0 Å². The molecule has 0 atom stereocenters. The van der Waals surface area contributed by atoms with Crippen molar-refractivity contribution in [2.45, 2.75) is 0 Å². The average molecular weight is 661 g/mol. The molecule has 0 unspecified atom stereocenters.